The highest BCUT2D eigenvalue weighted by Gasteiger charge is 2.29. The normalized spacial score (nSPS) is 15.2. The second-order valence-corrected chi connectivity index (χ2v) is 6.33. The molecule has 0 aliphatic carbocycles. The van der Waals surface area contributed by atoms with E-state index in [1.165, 1.54) is 12.1 Å². The number of hydrogen-bond donors (Lipinski definition) is 0. The lowest BCUT2D eigenvalue weighted by atomic mass is 10.1. The van der Waals surface area contributed by atoms with Gasteiger partial charge in [-0.3, -0.25) is 4.90 Å². The van der Waals surface area contributed by atoms with E-state index in [0.717, 1.165) is 43.4 Å². The number of piperazine rings is 1. The summed E-state index contributed by atoms with van der Waals surface area (Å²) in [6.07, 6.45) is -2.50. The Labute approximate surface area is 154 Å². The van der Waals surface area contributed by atoms with Crippen LogP contribution in [0.3, 0.4) is 0 Å². The van der Waals surface area contributed by atoms with Gasteiger partial charge in [-0.2, -0.15) is 13.2 Å². The number of thiazole rings is 1. The molecule has 1 aromatic heterocycles. The van der Waals surface area contributed by atoms with Gasteiger partial charge >= 0.3 is 6.18 Å². The molecule has 8 heteroatoms. The van der Waals surface area contributed by atoms with Crippen molar-refractivity contribution < 1.29 is 13.2 Å². The fraction of sp³-hybridized carbons (Fsp3) is 0.353. The molecular formula is C17H17ClF3N3S. The minimum absolute atomic E-state index is 0. The van der Waals surface area contributed by atoms with Crippen molar-refractivity contribution in [2.24, 2.45) is 0 Å². The van der Waals surface area contributed by atoms with Crippen LogP contribution in [0.15, 0.2) is 35.8 Å². The summed E-state index contributed by atoms with van der Waals surface area (Å²) in [6.45, 7) is 4.25. The first kappa shape index (κ1) is 19.6. The van der Waals surface area contributed by atoms with Crippen LogP contribution >= 0.6 is 23.7 Å². The van der Waals surface area contributed by atoms with Crippen molar-refractivity contribution in [2.45, 2.75) is 6.18 Å². The summed E-state index contributed by atoms with van der Waals surface area (Å²) in [7, 11) is 0. The first-order chi connectivity index (χ1) is 11.5. The molecule has 2 heterocycles. The molecule has 1 fully saturated rings. The van der Waals surface area contributed by atoms with Crippen molar-refractivity contribution in [1.29, 1.82) is 0 Å². The van der Waals surface area contributed by atoms with Crippen LogP contribution in [0.1, 0.15) is 11.1 Å². The standard InChI is InChI=1S/C17H16F3N3S.ClH/c18-17(19,20)15-5-3-14(4-6-15)2-1-8-22-9-11-23(12-10-22)16-21-7-13-24-16;/h3-7,13H,8-12H2;1H. The third-order valence-electron chi connectivity index (χ3n) is 3.81. The lowest BCUT2D eigenvalue weighted by Gasteiger charge is -2.33. The maximum atomic E-state index is 12.5. The molecular weight excluding hydrogens is 371 g/mol. The monoisotopic (exact) mass is 387 g/mol. The molecule has 1 aliphatic heterocycles. The zero-order valence-electron chi connectivity index (χ0n) is 13.3. The van der Waals surface area contributed by atoms with E-state index < -0.39 is 11.7 Å². The number of aromatic nitrogens is 1. The Hall–Kier alpha value is -1.75. The van der Waals surface area contributed by atoms with Gasteiger partial charge in [0.2, 0.25) is 0 Å². The molecule has 1 aromatic carbocycles. The number of benzene rings is 1. The maximum Gasteiger partial charge on any atom is 0.416 e. The highest BCUT2D eigenvalue weighted by molar-refractivity contribution is 7.13. The quantitative estimate of drug-likeness (QED) is 0.731. The number of hydrogen-bond acceptors (Lipinski definition) is 4. The second kappa shape index (κ2) is 8.56. The number of nitrogens with zero attached hydrogens (tertiary/aromatic N) is 3. The molecule has 134 valence electrons. The van der Waals surface area contributed by atoms with Crippen LogP contribution in [0, 0.1) is 11.8 Å². The molecule has 3 nitrogen and oxygen atoms in total. The Balaban J connectivity index is 0.00000225. The SMILES string of the molecule is Cl.FC(F)(F)c1ccc(C#CCN2CCN(c3nccs3)CC2)cc1. The Morgan fingerprint density at radius 1 is 1.08 bits per heavy atom. The van der Waals surface area contributed by atoms with Crippen LogP contribution < -0.4 is 4.90 Å². The average molecular weight is 388 g/mol. The Morgan fingerprint density at radius 3 is 2.32 bits per heavy atom. The van der Waals surface area contributed by atoms with Gasteiger partial charge in [0.15, 0.2) is 5.13 Å². The fourth-order valence-corrected chi connectivity index (χ4v) is 3.16. The molecule has 0 amide bonds. The van der Waals surface area contributed by atoms with Crippen LogP contribution in [0.4, 0.5) is 18.3 Å². The predicted octanol–water partition coefficient (Wildman–Crippen LogP) is 3.76. The minimum Gasteiger partial charge on any atom is -0.346 e. The summed E-state index contributed by atoms with van der Waals surface area (Å²) in [5.74, 6) is 5.97. The van der Waals surface area contributed by atoms with Crippen molar-refractivity contribution in [3.8, 4) is 11.8 Å². The second-order valence-electron chi connectivity index (χ2n) is 5.45. The molecule has 1 aliphatic rings. The van der Waals surface area contributed by atoms with E-state index >= 15 is 0 Å². The van der Waals surface area contributed by atoms with Gasteiger partial charge in [0.25, 0.3) is 0 Å². The van der Waals surface area contributed by atoms with E-state index in [1.807, 2.05) is 11.6 Å². The van der Waals surface area contributed by atoms with Gasteiger partial charge < -0.3 is 4.90 Å². The van der Waals surface area contributed by atoms with Crippen LogP contribution in [0.2, 0.25) is 0 Å². The van der Waals surface area contributed by atoms with Gasteiger partial charge in [-0.25, -0.2) is 4.98 Å². The summed E-state index contributed by atoms with van der Waals surface area (Å²) in [5.41, 5.74) is -0.0456. The molecule has 25 heavy (non-hydrogen) atoms. The van der Waals surface area contributed by atoms with Gasteiger partial charge in [0.05, 0.1) is 12.1 Å². The third-order valence-corrected chi connectivity index (χ3v) is 4.64. The summed E-state index contributed by atoms with van der Waals surface area (Å²) in [6, 6.07) is 4.96. The van der Waals surface area contributed by atoms with E-state index in [2.05, 4.69) is 26.6 Å². The topological polar surface area (TPSA) is 19.4 Å². The number of rotatable bonds is 2. The predicted molar refractivity (Wildman–Crippen MR) is 96.3 cm³/mol. The zero-order valence-corrected chi connectivity index (χ0v) is 14.9. The van der Waals surface area contributed by atoms with E-state index in [0.29, 0.717) is 12.1 Å². The molecule has 3 rings (SSSR count). The number of anilines is 1. The molecule has 0 N–H and O–H groups in total. The number of alkyl halides is 3. The Morgan fingerprint density at radius 2 is 1.76 bits per heavy atom. The van der Waals surface area contributed by atoms with Crippen LogP contribution in [0.25, 0.3) is 0 Å². The van der Waals surface area contributed by atoms with E-state index in [4.69, 9.17) is 0 Å². The largest absolute Gasteiger partial charge is 0.416 e. The van der Waals surface area contributed by atoms with Crippen molar-refractivity contribution in [3.05, 3.63) is 47.0 Å². The molecule has 0 bridgehead atoms. The molecule has 0 atom stereocenters. The molecule has 0 radical (unpaired) electrons. The lowest BCUT2D eigenvalue weighted by Crippen LogP contribution is -2.46. The van der Waals surface area contributed by atoms with Crippen molar-refractivity contribution >= 4 is 28.9 Å². The lowest BCUT2D eigenvalue weighted by molar-refractivity contribution is -0.137. The molecule has 2 aromatic rings. The number of halogens is 4. The molecule has 0 saturated carbocycles. The van der Waals surface area contributed by atoms with E-state index in [9.17, 15) is 13.2 Å². The van der Waals surface area contributed by atoms with Crippen molar-refractivity contribution in [3.63, 3.8) is 0 Å². The molecule has 0 spiro atoms. The summed E-state index contributed by atoms with van der Waals surface area (Å²) in [5, 5.41) is 3.02. The summed E-state index contributed by atoms with van der Waals surface area (Å²) >= 11 is 1.64. The Kier molecular flexibility index (Phi) is 6.71. The smallest absolute Gasteiger partial charge is 0.346 e. The third kappa shape index (κ3) is 5.36. The van der Waals surface area contributed by atoms with Gasteiger partial charge in [0.1, 0.15) is 0 Å². The Bertz CT molecular complexity index is 712. The molecule has 0 unspecified atom stereocenters. The minimum atomic E-state index is -4.30. The average Bonchev–Trinajstić information content (AvgIpc) is 3.10. The maximum absolute atomic E-state index is 12.5. The van der Waals surface area contributed by atoms with Gasteiger partial charge in [-0.05, 0) is 24.3 Å². The van der Waals surface area contributed by atoms with Crippen LogP contribution in [-0.2, 0) is 6.18 Å². The van der Waals surface area contributed by atoms with Gasteiger partial charge in [-0.15, -0.1) is 23.7 Å². The van der Waals surface area contributed by atoms with Crippen LogP contribution in [0.5, 0.6) is 0 Å². The van der Waals surface area contributed by atoms with Crippen molar-refractivity contribution in [2.75, 3.05) is 37.6 Å². The highest BCUT2D eigenvalue weighted by Crippen LogP contribution is 2.28. The first-order valence-corrected chi connectivity index (χ1v) is 8.43. The van der Waals surface area contributed by atoms with E-state index in [1.54, 1.807) is 11.3 Å². The molecule has 1 saturated heterocycles. The van der Waals surface area contributed by atoms with Crippen LogP contribution in [-0.4, -0.2) is 42.6 Å². The zero-order chi connectivity index (χ0) is 17.0. The van der Waals surface area contributed by atoms with Gasteiger partial charge in [-0.1, -0.05) is 11.8 Å². The van der Waals surface area contributed by atoms with E-state index in [-0.39, 0.29) is 12.4 Å². The summed E-state index contributed by atoms with van der Waals surface area (Å²) in [4.78, 5) is 8.80. The highest BCUT2D eigenvalue weighted by atomic mass is 35.5. The van der Waals surface area contributed by atoms with Crippen molar-refractivity contribution in [1.82, 2.24) is 9.88 Å². The van der Waals surface area contributed by atoms with Gasteiger partial charge in [0, 0.05) is 43.3 Å². The summed E-state index contributed by atoms with van der Waals surface area (Å²) < 4.78 is 37.5. The first-order valence-electron chi connectivity index (χ1n) is 7.55. The fourth-order valence-electron chi connectivity index (χ4n) is 2.47.